The van der Waals surface area contributed by atoms with E-state index in [1.807, 2.05) is 0 Å². The molecule has 0 aliphatic rings. The summed E-state index contributed by atoms with van der Waals surface area (Å²) in [7, 11) is 0. The number of hydrogen-bond donors (Lipinski definition) is 0. The summed E-state index contributed by atoms with van der Waals surface area (Å²) in [4.78, 5) is 0. The highest BCUT2D eigenvalue weighted by Crippen LogP contribution is 2.23. The van der Waals surface area contributed by atoms with E-state index >= 15 is 0 Å². The van der Waals surface area contributed by atoms with Gasteiger partial charge in [-0.1, -0.05) is 90.1 Å². The monoisotopic (exact) mass is 634 g/mol. The standard InChI is InChI=1S/C44H50N4/c1-43(2,3)41-11-7-35(8-12-41)33-47-27-19-39(20-28-47)37-15-23-45(24-16-37)31-32-46-25-17-38(18-26-46)40-21-29-48(30-22-40)34-36-9-13-42(14-10-36)44(4,5)6/h7-30H,31-34H2,1-6H3/q+4. The van der Waals surface area contributed by atoms with Crippen molar-refractivity contribution in [1.29, 1.82) is 0 Å². The first kappa shape index (κ1) is 33.0. The molecule has 0 saturated carbocycles. The van der Waals surface area contributed by atoms with Gasteiger partial charge in [0.2, 0.25) is 13.1 Å². The van der Waals surface area contributed by atoms with Crippen LogP contribution < -0.4 is 18.3 Å². The molecule has 48 heavy (non-hydrogen) atoms. The average molecular weight is 635 g/mol. The van der Waals surface area contributed by atoms with Gasteiger partial charge >= 0.3 is 0 Å². The van der Waals surface area contributed by atoms with Crippen LogP contribution in [-0.2, 0) is 37.0 Å². The lowest BCUT2D eigenvalue weighted by molar-refractivity contribution is -0.778. The van der Waals surface area contributed by atoms with E-state index in [1.54, 1.807) is 0 Å². The van der Waals surface area contributed by atoms with Crippen LogP contribution in [0.1, 0.15) is 63.8 Å². The maximum absolute atomic E-state index is 2.26. The van der Waals surface area contributed by atoms with Gasteiger partial charge in [-0.15, -0.1) is 0 Å². The summed E-state index contributed by atoms with van der Waals surface area (Å²) in [6.45, 7) is 17.1. The Morgan fingerprint density at radius 1 is 0.333 bits per heavy atom. The van der Waals surface area contributed by atoms with Crippen molar-refractivity contribution in [3.8, 4) is 22.3 Å². The van der Waals surface area contributed by atoms with Gasteiger partial charge in [0.1, 0.15) is 0 Å². The van der Waals surface area contributed by atoms with Crippen molar-refractivity contribution in [2.45, 2.75) is 78.6 Å². The van der Waals surface area contributed by atoms with E-state index in [0.717, 1.165) is 26.2 Å². The topological polar surface area (TPSA) is 15.5 Å². The zero-order valence-electron chi connectivity index (χ0n) is 29.5. The van der Waals surface area contributed by atoms with Crippen molar-refractivity contribution < 1.29 is 18.3 Å². The third kappa shape index (κ3) is 8.49. The Morgan fingerprint density at radius 3 is 0.833 bits per heavy atom. The predicted octanol–water partition coefficient (Wildman–Crippen LogP) is 7.56. The maximum Gasteiger partial charge on any atom is 0.206 e. The molecule has 0 amide bonds. The van der Waals surface area contributed by atoms with Crippen molar-refractivity contribution in [2.75, 3.05) is 0 Å². The quantitative estimate of drug-likeness (QED) is 0.146. The summed E-state index contributed by atoms with van der Waals surface area (Å²) in [5.41, 5.74) is 10.7. The zero-order chi connectivity index (χ0) is 33.7. The van der Waals surface area contributed by atoms with Crippen molar-refractivity contribution in [3.63, 3.8) is 0 Å². The highest BCUT2D eigenvalue weighted by molar-refractivity contribution is 5.61. The van der Waals surface area contributed by atoms with Crippen LogP contribution in [0.4, 0.5) is 0 Å². The lowest BCUT2D eigenvalue weighted by Gasteiger charge is -2.18. The zero-order valence-corrected chi connectivity index (χ0v) is 29.5. The molecule has 0 N–H and O–H groups in total. The number of benzene rings is 2. The average Bonchev–Trinajstić information content (AvgIpc) is 3.08. The molecule has 242 valence electrons. The Balaban J connectivity index is 0.994. The third-order valence-corrected chi connectivity index (χ3v) is 9.22. The fourth-order valence-corrected chi connectivity index (χ4v) is 5.98. The molecule has 6 aromatic rings. The number of pyridine rings is 4. The smallest absolute Gasteiger partial charge is 0.201 e. The van der Waals surface area contributed by atoms with Crippen LogP contribution in [0.2, 0.25) is 0 Å². The number of aryl methyl sites for hydroxylation is 2. The molecular weight excluding hydrogens is 585 g/mol. The molecule has 0 radical (unpaired) electrons. The van der Waals surface area contributed by atoms with Crippen LogP contribution in [0.25, 0.3) is 22.3 Å². The van der Waals surface area contributed by atoms with E-state index in [9.17, 15) is 0 Å². The minimum absolute atomic E-state index is 0.181. The summed E-state index contributed by atoms with van der Waals surface area (Å²) >= 11 is 0. The Kier molecular flexibility index (Phi) is 9.63. The molecule has 4 heteroatoms. The van der Waals surface area contributed by atoms with Gasteiger partial charge in [0.25, 0.3) is 0 Å². The molecule has 0 bridgehead atoms. The molecular formula is C44H50N4+4. The minimum Gasteiger partial charge on any atom is -0.201 e. The molecule has 4 heterocycles. The summed E-state index contributed by atoms with van der Waals surface area (Å²) in [5, 5.41) is 0. The first-order valence-corrected chi connectivity index (χ1v) is 17.2. The van der Waals surface area contributed by atoms with Crippen LogP contribution in [-0.4, -0.2) is 0 Å². The van der Waals surface area contributed by atoms with Gasteiger partial charge in [0, 0.05) is 59.7 Å². The van der Waals surface area contributed by atoms with Crippen molar-refractivity contribution >= 4 is 0 Å². The van der Waals surface area contributed by atoms with Gasteiger partial charge in [-0.25, -0.2) is 9.13 Å². The highest BCUT2D eigenvalue weighted by atomic mass is 15.0. The van der Waals surface area contributed by atoms with Crippen LogP contribution in [0.5, 0.6) is 0 Å². The largest absolute Gasteiger partial charge is 0.206 e. The van der Waals surface area contributed by atoms with Crippen molar-refractivity contribution in [1.82, 2.24) is 0 Å². The fraction of sp³-hybridized carbons (Fsp3) is 0.273. The minimum atomic E-state index is 0.181. The molecule has 0 saturated heterocycles. The van der Waals surface area contributed by atoms with Crippen LogP contribution in [0, 0.1) is 0 Å². The molecule has 0 spiro atoms. The van der Waals surface area contributed by atoms with Crippen LogP contribution >= 0.6 is 0 Å². The second-order valence-electron chi connectivity index (χ2n) is 15.1. The van der Waals surface area contributed by atoms with Crippen LogP contribution in [0.3, 0.4) is 0 Å². The second kappa shape index (κ2) is 14.0. The van der Waals surface area contributed by atoms with E-state index in [4.69, 9.17) is 0 Å². The Labute approximate surface area is 287 Å². The van der Waals surface area contributed by atoms with E-state index in [1.165, 1.54) is 44.5 Å². The van der Waals surface area contributed by atoms with Gasteiger partial charge in [-0.2, -0.15) is 9.13 Å². The van der Waals surface area contributed by atoms with Gasteiger partial charge < -0.3 is 0 Å². The van der Waals surface area contributed by atoms with Crippen molar-refractivity contribution in [3.05, 3.63) is 169 Å². The number of aromatic nitrogens is 4. The fourth-order valence-electron chi connectivity index (χ4n) is 5.98. The van der Waals surface area contributed by atoms with Gasteiger partial charge in [0.05, 0.1) is 0 Å². The second-order valence-corrected chi connectivity index (χ2v) is 15.1. The van der Waals surface area contributed by atoms with E-state index in [-0.39, 0.29) is 10.8 Å². The molecule has 0 aliphatic carbocycles. The number of hydrogen-bond acceptors (Lipinski definition) is 0. The SMILES string of the molecule is CC(C)(C)c1ccc(C[n+]2ccc(-c3cc[n+](CC[n+]4ccc(-c5cc[n+](Cc6ccc(C(C)(C)C)cc6)cc5)cc4)cc3)cc2)cc1. The van der Waals surface area contributed by atoms with E-state index in [0.29, 0.717) is 0 Å². The summed E-state index contributed by atoms with van der Waals surface area (Å²) < 4.78 is 8.98. The predicted molar refractivity (Wildman–Crippen MR) is 193 cm³/mol. The van der Waals surface area contributed by atoms with Gasteiger partial charge in [-0.05, 0) is 44.2 Å². The Morgan fingerprint density at radius 2 is 0.583 bits per heavy atom. The number of rotatable bonds is 9. The Hall–Kier alpha value is -4.96. The molecule has 2 aromatic carbocycles. The number of nitrogens with zero attached hydrogens (tertiary/aromatic N) is 4. The molecule has 0 atom stereocenters. The molecule has 4 nitrogen and oxygen atoms in total. The molecule has 0 unspecified atom stereocenters. The molecule has 6 rings (SSSR count). The third-order valence-electron chi connectivity index (χ3n) is 9.22. The molecule has 0 aliphatic heterocycles. The van der Waals surface area contributed by atoms with E-state index in [2.05, 4.69) is 206 Å². The highest BCUT2D eigenvalue weighted by Gasteiger charge is 2.15. The lowest BCUT2D eigenvalue weighted by Crippen LogP contribution is -2.43. The van der Waals surface area contributed by atoms with Gasteiger partial charge in [0.15, 0.2) is 62.7 Å². The Bertz CT molecular complexity index is 1760. The first-order chi connectivity index (χ1) is 23.0. The lowest BCUT2D eigenvalue weighted by atomic mass is 9.87. The first-order valence-electron chi connectivity index (χ1n) is 17.2. The summed E-state index contributed by atoms with van der Waals surface area (Å²) in [6.07, 6.45) is 17.4. The van der Waals surface area contributed by atoms with Gasteiger partial charge in [-0.3, -0.25) is 0 Å². The van der Waals surface area contributed by atoms with Crippen LogP contribution in [0.15, 0.2) is 147 Å². The van der Waals surface area contributed by atoms with E-state index < -0.39 is 0 Å². The summed E-state index contributed by atoms with van der Waals surface area (Å²) in [5.74, 6) is 0. The maximum atomic E-state index is 2.26. The molecule has 0 fully saturated rings. The normalized spacial score (nSPS) is 11.9. The molecule has 4 aromatic heterocycles. The summed E-state index contributed by atoms with van der Waals surface area (Å²) in [6, 6.07) is 35.7. The van der Waals surface area contributed by atoms with Crippen molar-refractivity contribution in [2.24, 2.45) is 0 Å².